The van der Waals surface area contributed by atoms with Crippen LogP contribution in [0.5, 0.6) is 0 Å². The van der Waals surface area contributed by atoms with E-state index in [-0.39, 0.29) is 29.7 Å². The number of benzene rings is 1. The lowest BCUT2D eigenvalue weighted by molar-refractivity contribution is -0.120. The average molecular weight is 356 g/mol. The van der Waals surface area contributed by atoms with Gasteiger partial charge in [0.15, 0.2) is 0 Å². The molecule has 136 valence electrons. The molecule has 1 aromatic heterocycles. The Hall–Kier alpha value is -2.83. The Labute approximate surface area is 151 Å². The van der Waals surface area contributed by atoms with Gasteiger partial charge in [-0.15, -0.1) is 0 Å². The number of rotatable bonds is 4. The van der Waals surface area contributed by atoms with Crippen molar-refractivity contribution in [3.63, 3.8) is 0 Å². The number of nitrogens with zero attached hydrogens (tertiary/aromatic N) is 3. The van der Waals surface area contributed by atoms with Crippen molar-refractivity contribution in [2.45, 2.75) is 38.3 Å². The van der Waals surface area contributed by atoms with Gasteiger partial charge in [-0.1, -0.05) is 12.1 Å². The fourth-order valence-electron chi connectivity index (χ4n) is 3.48. The first-order valence-electron chi connectivity index (χ1n) is 8.64. The molecule has 1 aliphatic heterocycles. The minimum Gasteiger partial charge on any atom is -0.352 e. The molecule has 0 saturated carbocycles. The average Bonchev–Trinajstić information content (AvgIpc) is 2.63. The smallest absolute Gasteiger partial charge is 0.255 e. The van der Waals surface area contributed by atoms with Gasteiger partial charge in [0.05, 0.1) is 24.0 Å². The molecule has 1 saturated heterocycles. The molecule has 6 nitrogen and oxygen atoms in total. The summed E-state index contributed by atoms with van der Waals surface area (Å²) in [6.07, 6.45) is 4.94. The van der Waals surface area contributed by atoms with Crippen LogP contribution < -0.4 is 5.32 Å². The monoisotopic (exact) mass is 356 g/mol. The van der Waals surface area contributed by atoms with Gasteiger partial charge in [0.1, 0.15) is 5.82 Å². The van der Waals surface area contributed by atoms with Gasteiger partial charge in [-0.2, -0.15) is 10.2 Å². The summed E-state index contributed by atoms with van der Waals surface area (Å²) >= 11 is 0. The van der Waals surface area contributed by atoms with Crippen molar-refractivity contribution >= 4 is 11.8 Å². The maximum absolute atomic E-state index is 13.6. The summed E-state index contributed by atoms with van der Waals surface area (Å²) in [5, 5.41) is 10.4. The van der Waals surface area contributed by atoms with Crippen LogP contribution in [0.4, 0.5) is 4.39 Å². The van der Waals surface area contributed by atoms with Crippen LogP contribution in [0.25, 0.3) is 0 Å². The van der Waals surface area contributed by atoms with Gasteiger partial charge in [-0.25, -0.2) is 4.39 Å². The Balaban J connectivity index is 1.89. The summed E-state index contributed by atoms with van der Waals surface area (Å²) in [5.41, 5.74) is 1.24. The van der Waals surface area contributed by atoms with Crippen molar-refractivity contribution in [3.05, 3.63) is 59.7 Å². The molecule has 1 fully saturated rings. The molecule has 2 atom stereocenters. The number of carbonyl (C=O) groups excluding carboxylic acids is 2. The fraction of sp³-hybridized carbons (Fsp3) is 0.368. The molecule has 0 spiro atoms. The number of carbonyl (C=O) groups is 2. The highest BCUT2D eigenvalue weighted by Gasteiger charge is 2.35. The van der Waals surface area contributed by atoms with E-state index in [0.29, 0.717) is 18.5 Å². The van der Waals surface area contributed by atoms with Gasteiger partial charge in [-0.05, 0) is 43.0 Å². The number of nitrogens with one attached hydrogen (secondary N) is 1. The molecule has 2 heterocycles. The molecule has 1 aliphatic rings. The summed E-state index contributed by atoms with van der Waals surface area (Å²) in [4.78, 5) is 26.3. The zero-order valence-electron chi connectivity index (χ0n) is 14.6. The summed E-state index contributed by atoms with van der Waals surface area (Å²) in [7, 11) is 0. The molecule has 1 N–H and O–H groups in total. The molecular formula is C19H21FN4O2. The van der Waals surface area contributed by atoms with Gasteiger partial charge in [-0.3, -0.25) is 9.59 Å². The minimum atomic E-state index is -0.314. The molecule has 26 heavy (non-hydrogen) atoms. The van der Waals surface area contributed by atoms with Crippen molar-refractivity contribution in [1.29, 1.82) is 0 Å². The van der Waals surface area contributed by atoms with Crippen LogP contribution in [0.3, 0.4) is 0 Å². The Kier molecular flexibility index (Phi) is 5.55. The van der Waals surface area contributed by atoms with Crippen LogP contribution in [0.15, 0.2) is 42.7 Å². The normalized spacial score (nSPS) is 19.8. The van der Waals surface area contributed by atoms with Crippen LogP contribution in [-0.4, -0.2) is 45.5 Å². The van der Waals surface area contributed by atoms with Crippen molar-refractivity contribution in [2.24, 2.45) is 0 Å². The maximum Gasteiger partial charge on any atom is 0.255 e. The van der Waals surface area contributed by atoms with Gasteiger partial charge in [0, 0.05) is 19.5 Å². The Morgan fingerprint density at radius 3 is 2.85 bits per heavy atom. The number of piperidine rings is 1. The maximum atomic E-state index is 13.6. The lowest BCUT2D eigenvalue weighted by atomic mass is 9.90. The van der Waals surface area contributed by atoms with E-state index in [0.717, 1.165) is 18.4 Å². The zero-order valence-corrected chi connectivity index (χ0v) is 14.6. The second-order valence-electron chi connectivity index (χ2n) is 6.48. The lowest BCUT2D eigenvalue weighted by Crippen LogP contribution is -2.57. The van der Waals surface area contributed by atoms with Gasteiger partial charge < -0.3 is 10.2 Å². The van der Waals surface area contributed by atoms with Gasteiger partial charge in [0.2, 0.25) is 5.91 Å². The highest BCUT2D eigenvalue weighted by atomic mass is 19.1. The number of amides is 2. The number of aromatic nitrogens is 2. The summed E-state index contributed by atoms with van der Waals surface area (Å²) < 4.78 is 13.6. The molecular weight excluding hydrogens is 335 g/mol. The number of hydrogen-bond acceptors (Lipinski definition) is 4. The van der Waals surface area contributed by atoms with Crippen LogP contribution >= 0.6 is 0 Å². The Bertz CT molecular complexity index is 784. The predicted molar refractivity (Wildman–Crippen MR) is 93.8 cm³/mol. The Morgan fingerprint density at radius 1 is 1.31 bits per heavy atom. The molecule has 2 aromatic rings. The van der Waals surface area contributed by atoms with E-state index in [4.69, 9.17) is 0 Å². The molecule has 0 bridgehead atoms. The largest absolute Gasteiger partial charge is 0.352 e. The summed E-state index contributed by atoms with van der Waals surface area (Å²) in [6.45, 7) is 2.05. The third-order valence-corrected chi connectivity index (χ3v) is 4.59. The van der Waals surface area contributed by atoms with Gasteiger partial charge >= 0.3 is 0 Å². The van der Waals surface area contributed by atoms with Crippen LogP contribution in [0, 0.1) is 5.82 Å². The first kappa shape index (κ1) is 18.0. The second-order valence-corrected chi connectivity index (χ2v) is 6.48. The fourth-order valence-corrected chi connectivity index (χ4v) is 3.48. The predicted octanol–water partition coefficient (Wildman–Crippen LogP) is 1.97. The van der Waals surface area contributed by atoms with Gasteiger partial charge in [0.25, 0.3) is 5.91 Å². The van der Waals surface area contributed by atoms with Crippen molar-refractivity contribution < 1.29 is 14.0 Å². The molecule has 0 radical (unpaired) electrons. The van der Waals surface area contributed by atoms with E-state index in [2.05, 4.69) is 15.5 Å². The van der Waals surface area contributed by atoms with E-state index in [1.54, 1.807) is 17.0 Å². The lowest BCUT2D eigenvalue weighted by Gasteiger charge is -2.41. The molecule has 3 rings (SSSR count). The summed E-state index contributed by atoms with van der Waals surface area (Å²) in [5.74, 6) is -0.610. The number of halogens is 1. The quantitative estimate of drug-likeness (QED) is 0.909. The second kappa shape index (κ2) is 8.03. The molecule has 1 aromatic carbocycles. The SMILES string of the molecule is CC(=O)N[C@H]1CCCN(C(=O)c2ccnnc2)[C@H]1Cc1cccc(F)c1. The Morgan fingerprint density at radius 2 is 2.15 bits per heavy atom. The topological polar surface area (TPSA) is 75.2 Å². The van der Waals surface area contributed by atoms with Crippen LogP contribution in [-0.2, 0) is 11.2 Å². The third-order valence-electron chi connectivity index (χ3n) is 4.59. The molecule has 0 aliphatic carbocycles. The number of likely N-dealkylation sites (tertiary alicyclic amines) is 1. The third kappa shape index (κ3) is 4.22. The number of hydrogen-bond donors (Lipinski definition) is 1. The summed E-state index contributed by atoms with van der Waals surface area (Å²) in [6, 6.07) is 7.53. The minimum absolute atomic E-state index is 0.140. The van der Waals surface area contributed by atoms with Crippen molar-refractivity contribution in [2.75, 3.05) is 6.54 Å². The highest BCUT2D eigenvalue weighted by Crippen LogP contribution is 2.24. The molecule has 7 heteroatoms. The van der Waals surface area contributed by atoms with E-state index in [1.165, 1.54) is 31.5 Å². The highest BCUT2D eigenvalue weighted by molar-refractivity contribution is 5.94. The molecule has 2 amide bonds. The van der Waals surface area contributed by atoms with Crippen LogP contribution in [0.1, 0.15) is 35.7 Å². The van der Waals surface area contributed by atoms with Crippen molar-refractivity contribution in [1.82, 2.24) is 20.4 Å². The first-order valence-corrected chi connectivity index (χ1v) is 8.64. The zero-order chi connectivity index (χ0) is 18.5. The standard InChI is InChI=1S/C19H21FN4O2/c1-13(25)23-17-6-3-9-24(19(26)15-7-8-21-22-12-15)18(17)11-14-4-2-5-16(20)10-14/h2,4-5,7-8,10,12,17-18H,3,6,9,11H2,1H3,(H,23,25)/t17-,18-/m0/s1. The van der Waals surface area contributed by atoms with Crippen LogP contribution in [0.2, 0.25) is 0 Å². The van der Waals surface area contributed by atoms with E-state index in [1.807, 2.05) is 6.07 Å². The van der Waals surface area contributed by atoms with E-state index < -0.39 is 0 Å². The van der Waals surface area contributed by atoms with E-state index >= 15 is 0 Å². The van der Waals surface area contributed by atoms with E-state index in [9.17, 15) is 14.0 Å². The first-order chi connectivity index (χ1) is 12.5. The molecule has 0 unspecified atom stereocenters. The van der Waals surface area contributed by atoms with Crippen molar-refractivity contribution in [3.8, 4) is 0 Å².